The number of aryl methyl sites for hydroxylation is 1. The largest absolute Gasteiger partial charge is 0.344 e. The van der Waals surface area contributed by atoms with Crippen LogP contribution in [0.5, 0.6) is 0 Å². The Labute approximate surface area is 177 Å². The standard InChI is InChI=1S/C19H23N7O3S/c1-12-3-5-14(6-4-12)25-18(21-23-24-25)30-11-15(27)22-26-16(28)19(20-17(26)29)9-7-13(2)8-10-19/h3-6,13H,7-11H2,1-2H3,(H,20,29)(H,22,27). The van der Waals surface area contributed by atoms with Gasteiger partial charge in [0.2, 0.25) is 11.1 Å². The molecule has 2 aromatic rings. The van der Waals surface area contributed by atoms with Crippen molar-refractivity contribution in [3.05, 3.63) is 29.8 Å². The van der Waals surface area contributed by atoms with Crippen molar-refractivity contribution in [2.24, 2.45) is 5.92 Å². The third kappa shape index (κ3) is 3.89. The average molecular weight is 430 g/mol. The lowest BCUT2D eigenvalue weighted by Gasteiger charge is -2.33. The topological polar surface area (TPSA) is 122 Å². The van der Waals surface area contributed by atoms with E-state index in [0.717, 1.165) is 40.9 Å². The van der Waals surface area contributed by atoms with Crippen LogP contribution in [0, 0.1) is 12.8 Å². The maximum Gasteiger partial charge on any atom is 0.344 e. The van der Waals surface area contributed by atoms with E-state index in [-0.39, 0.29) is 11.7 Å². The number of carbonyl (C=O) groups is 3. The number of urea groups is 1. The van der Waals surface area contributed by atoms with Gasteiger partial charge in [0, 0.05) is 0 Å². The molecule has 1 aliphatic carbocycles. The summed E-state index contributed by atoms with van der Waals surface area (Å²) in [6.07, 6.45) is 2.91. The Kier molecular flexibility index (Phi) is 5.46. The molecule has 1 saturated carbocycles. The molecule has 0 radical (unpaired) electrons. The first kappa shape index (κ1) is 20.3. The number of imide groups is 1. The molecule has 1 spiro atoms. The number of nitrogens with zero attached hydrogens (tertiary/aromatic N) is 5. The monoisotopic (exact) mass is 429 g/mol. The third-order valence-electron chi connectivity index (χ3n) is 5.58. The van der Waals surface area contributed by atoms with Crippen LogP contribution in [-0.2, 0) is 9.59 Å². The summed E-state index contributed by atoms with van der Waals surface area (Å²) in [4.78, 5) is 37.5. The lowest BCUT2D eigenvalue weighted by Crippen LogP contribution is -2.51. The molecule has 30 heavy (non-hydrogen) atoms. The molecular weight excluding hydrogens is 406 g/mol. The quantitative estimate of drug-likeness (QED) is 0.547. The van der Waals surface area contributed by atoms with Gasteiger partial charge in [-0.1, -0.05) is 36.4 Å². The molecule has 2 heterocycles. The molecule has 2 aliphatic rings. The second-order valence-corrected chi connectivity index (χ2v) is 8.81. The van der Waals surface area contributed by atoms with Gasteiger partial charge in [-0.25, -0.2) is 4.79 Å². The molecule has 158 valence electrons. The van der Waals surface area contributed by atoms with Crippen molar-refractivity contribution >= 4 is 29.6 Å². The van der Waals surface area contributed by atoms with Crippen molar-refractivity contribution in [1.82, 2.24) is 36.0 Å². The molecule has 1 aliphatic heterocycles. The van der Waals surface area contributed by atoms with Crippen LogP contribution in [0.15, 0.2) is 29.4 Å². The minimum atomic E-state index is -0.889. The van der Waals surface area contributed by atoms with Gasteiger partial charge in [0.25, 0.3) is 5.91 Å². The first-order valence-corrected chi connectivity index (χ1v) is 10.8. The van der Waals surface area contributed by atoms with E-state index in [4.69, 9.17) is 0 Å². The van der Waals surface area contributed by atoms with E-state index in [1.807, 2.05) is 31.2 Å². The number of nitrogens with one attached hydrogen (secondary N) is 2. The second-order valence-electron chi connectivity index (χ2n) is 7.87. The minimum Gasteiger partial charge on any atom is -0.322 e. The Balaban J connectivity index is 1.37. The second kappa shape index (κ2) is 8.05. The van der Waals surface area contributed by atoms with Crippen molar-refractivity contribution in [3.63, 3.8) is 0 Å². The van der Waals surface area contributed by atoms with Gasteiger partial charge >= 0.3 is 6.03 Å². The van der Waals surface area contributed by atoms with Crippen LogP contribution in [0.2, 0.25) is 0 Å². The van der Waals surface area contributed by atoms with Gasteiger partial charge in [0.1, 0.15) is 5.54 Å². The Bertz CT molecular complexity index is 967. The first-order valence-electron chi connectivity index (χ1n) is 9.82. The van der Waals surface area contributed by atoms with Crippen molar-refractivity contribution < 1.29 is 14.4 Å². The molecule has 4 rings (SSSR count). The van der Waals surface area contributed by atoms with Crippen LogP contribution in [0.3, 0.4) is 0 Å². The van der Waals surface area contributed by atoms with E-state index < -0.39 is 17.5 Å². The summed E-state index contributed by atoms with van der Waals surface area (Å²) in [7, 11) is 0. The molecule has 10 nitrogen and oxygen atoms in total. The highest BCUT2D eigenvalue weighted by atomic mass is 32.2. The molecule has 2 N–H and O–H groups in total. The van der Waals surface area contributed by atoms with Crippen LogP contribution in [0.1, 0.15) is 38.2 Å². The van der Waals surface area contributed by atoms with Crippen LogP contribution in [-0.4, -0.2) is 54.4 Å². The van der Waals surface area contributed by atoms with Gasteiger partial charge < -0.3 is 5.32 Å². The predicted molar refractivity (Wildman–Crippen MR) is 108 cm³/mol. The number of amides is 4. The number of hydrazine groups is 1. The molecular formula is C19H23N7O3S. The van der Waals surface area contributed by atoms with Crippen molar-refractivity contribution in [3.8, 4) is 5.69 Å². The van der Waals surface area contributed by atoms with Gasteiger partial charge in [0.05, 0.1) is 11.4 Å². The van der Waals surface area contributed by atoms with Crippen LogP contribution in [0.25, 0.3) is 5.69 Å². The van der Waals surface area contributed by atoms with E-state index in [2.05, 4.69) is 33.2 Å². The van der Waals surface area contributed by atoms with Gasteiger partial charge in [-0.2, -0.15) is 9.69 Å². The molecule has 0 atom stereocenters. The zero-order chi connectivity index (χ0) is 21.3. The van der Waals surface area contributed by atoms with E-state index in [9.17, 15) is 14.4 Å². The first-order chi connectivity index (χ1) is 14.4. The summed E-state index contributed by atoms with van der Waals surface area (Å²) in [6.45, 7) is 4.12. The maximum absolute atomic E-state index is 12.8. The SMILES string of the molecule is Cc1ccc(-n2nnnc2SCC(=O)NN2C(=O)NC3(CCC(C)CC3)C2=O)cc1. The van der Waals surface area contributed by atoms with E-state index in [0.29, 0.717) is 23.9 Å². The Morgan fingerprint density at radius 2 is 1.97 bits per heavy atom. The fraction of sp³-hybridized carbons (Fsp3) is 0.474. The van der Waals surface area contributed by atoms with E-state index in [1.54, 1.807) is 0 Å². The molecule has 1 aromatic carbocycles. The minimum absolute atomic E-state index is 0.0483. The Morgan fingerprint density at radius 3 is 2.67 bits per heavy atom. The van der Waals surface area contributed by atoms with Crippen molar-refractivity contribution in [2.45, 2.75) is 50.2 Å². The zero-order valence-corrected chi connectivity index (χ0v) is 17.6. The molecule has 4 amide bonds. The molecule has 1 saturated heterocycles. The third-order valence-corrected chi connectivity index (χ3v) is 6.50. The van der Waals surface area contributed by atoms with Crippen molar-refractivity contribution in [1.29, 1.82) is 0 Å². The molecule has 1 aromatic heterocycles. The van der Waals surface area contributed by atoms with Crippen LogP contribution >= 0.6 is 11.8 Å². The van der Waals surface area contributed by atoms with Gasteiger partial charge in [-0.05, 0) is 61.1 Å². The summed E-state index contributed by atoms with van der Waals surface area (Å²) < 4.78 is 1.53. The number of rotatable bonds is 5. The highest BCUT2D eigenvalue weighted by Crippen LogP contribution is 2.35. The summed E-state index contributed by atoms with van der Waals surface area (Å²) in [5, 5.41) is 15.6. The van der Waals surface area contributed by atoms with Gasteiger partial charge in [-0.3, -0.25) is 15.0 Å². The average Bonchev–Trinajstić information content (AvgIpc) is 3.28. The van der Waals surface area contributed by atoms with Crippen LogP contribution < -0.4 is 10.7 Å². The lowest BCUT2D eigenvalue weighted by atomic mass is 9.77. The number of benzene rings is 1. The van der Waals surface area contributed by atoms with Gasteiger partial charge in [-0.15, -0.1) is 5.10 Å². The highest BCUT2D eigenvalue weighted by molar-refractivity contribution is 7.99. The number of carbonyl (C=O) groups excluding carboxylic acids is 3. The van der Waals surface area contributed by atoms with Gasteiger partial charge in [0.15, 0.2) is 0 Å². The molecule has 0 unspecified atom stereocenters. The predicted octanol–water partition coefficient (Wildman–Crippen LogP) is 1.59. The van der Waals surface area contributed by atoms with E-state index in [1.165, 1.54) is 4.68 Å². The number of tetrazole rings is 1. The maximum atomic E-state index is 12.8. The molecule has 2 fully saturated rings. The highest BCUT2D eigenvalue weighted by Gasteiger charge is 2.52. The molecule has 0 bridgehead atoms. The Hall–Kier alpha value is -2.95. The fourth-order valence-corrected chi connectivity index (χ4v) is 4.40. The fourth-order valence-electron chi connectivity index (χ4n) is 3.72. The van der Waals surface area contributed by atoms with Crippen LogP contribution in [0.4, 0.5) is 4.79 Å². The zero-order valence-electron chi connectivity index (χ0n) is 16.8. The summed E-state index contributed by atoms with van der Waals surface area (Å²) in [5.41, 5.74) is 3.42. The normalized spacial score (nSPS) is 23.7. The Morgan fingerprint density at radius 1 is 1.27 bits per heavy atom. The number of hydrogen-bond acceptors (Lipinski definition) is 7. The number of hydrogen-bond donors (Lipinski definition) is 2. The van der Waals surface area contributed by atoms with Crippen molar-refractivity contribution in [2.75, 3.05) is 5.75 Å². The number of thioether (sulfide) groups is 1. The molecule has 11 heteroatoms. The summed E-state index contributed by atoms with van der Waals surface area (Å²) >= 11 is 1.12. The summed E-state index contributed by atoms with van der Waals surface area (Å²) in [6, 6.07) is 7.06. The lowest BCUT2D eigenvalue weighted by molar-refractivity contribution is -0.139. The van der Waals surface area contributed by atoms with E-state index >= 15 is 0 Å². The number of aromatic nitrogens is 4. The smallest absolute Gasteiger partial charge is 0.322 e. The summed E-state index contributed by atoms with van der Waals surface area (Å²) in [5.74, 6) is -0.391.